The molecule has 3 heterocycles. The number of rotatable bonds is 5. The minimum absolute atomic E-state index is 0.0220. The molecule has 5 rings (SSSR count). The van der Waals surface area contributed by atoms with Crippen LogP contribution in [0.4, 0.5) is 11.8 Å². The molecule has 0 radical (unpaired) electrons. The summed E-state index contributed by atoms with van der Waals surface area (Å²) in [5.74, 6) is 1.44. The molecule has 2 aromatic heterocycles. The Morgan fingerprint density at radius 1 is 0.972 bits per heavy atom. The van der Waals surface area contributed by atoms with Crippen LogP contribution in [0.15, 0.2) is 54.6 Å². The first-order valence-corrected chi connectivity index (χ1v) is 12.2. The molecule has 1 aliphatic rings. The van der Waals surface area contributed by atoms with Crippen LogP contribution in [0.25, 0.3) is 22.3 Å². The number of aromatic nitrogens is 3. The molecule has 1 aliphatic heterocycles. The molecule has 4 aromatic rings. The lowest BCUT2D eigenvalue weighted by Gasteiger charge is -2.35. The molecule has 1 saturated heterocycles. The van der Waals surface area contributed by atoms with E-state index in [9.17, 15) is 4.79 Å². The van der Waals surface area contributed by atoms with Gasteiger partial charge in [0.1, 0.15) is 11.3 Å². The first-order chi connectivity index (χ1) is 17.4. The molecule has 0 spiro atoms. The lowest BCUT2D eigenvalue weighted by Crippen LogP contribution is -2.50. The van der Waals surface area contributed by atoms with Gasteiger partial charge in [-0.2, -0.15) is 4.98 Å². The molecule has 2 aromatic carbocycles. The SMILES string of the molecule is Cc1ccc(-c2ccc3nc(N)nc(N4CCN(C(=O)COc5ccc(Cl)cc5)CC4)c3n2)c(C)c1. The van der Waals surface area contributed by atoms with Gasteiger partial charge >= 0.3 is 0 Å². The predicted molar refractivity (Wildman–Crippen MR) is 142 cm³/mol. The van der Waals surface area contributed by atoms with E-state index in [0.717, 1.165) is 16.8 Å². The number of pyridine rings is 1. The number of ether oxygens (including phenoxy) is 1. The minimum atomic E-state index is -0.0630. The van der Waals surface area contributed by atoms with Gasteiger partial charge in [0.05, 0.1) is 11.2 Å². The van der Waals surface area contributed by atoms with Gasteiger partial charge in [0.25, 0.3) is 5.91 Å². The van der Waals surface area contributed by atoms with Gasteiger partial charge in [-0.25, -0.2) is 9.97 Å². The Balaban J connectivity index is 1.32. The van der Waals surface area contributed by atoms with E-state index in [1.54, 1.807) is 29.2 Å². The second-order valence-electron chi connectivity index (χ2n) is 8.90. The number of amides is 1. The summed E-state index contributed by atoms with van der Waals surface area (Å²) in [4.78, 5) is 30.5. The van der Waals surface area contributed by atoms with E-state index < -0.39 is 0 Å². The van der Waals surface area contributed by atoms with Crippen LogP contribution < -0.4 is 15.4 Å². The molecule has 184 valence electrons. The molecule has 36 heavy (non-hydrogen) atoms. The molecule has 9 heteroatoms. The van der Waals surface area contributed by atoms with Gasteiger partial charge in [-0.1, -0.05) is 35.4 Å². The molecule has 8 nitrogen and oxygen atoms in total. The van der Waals surface area contributed by atoms with Crippen molar-refractivity contribution in [2.45, 2.75) is 13.8 Å². The molecule has 0 unspecified atom stereocenters. The van der Waals surface area contributed by atoms with E-state index in [4.69, 9.17) is 27.1 Å². The normalized spacial score (nSPS) is 13.8. The van der Waals surface area contributed by atoms with Crippen LogP contribution in [0.1, 0.15) is 11.1 Å². The summed E-state index contributed by atoms with van der Waals surface area (Å²) in [6.45, 7) is 6.44. The van der Waals surface area contributed by atoms with Gasteiger partial charge in [0.15, 0.2) is 12.4 Å². The molecule has 0 atom stereocenters. The molecule has 2 N–H and O–H groups in total. The van der Waals surface area contributed by atoms with Crippen molar-refractivity contribution in [1.29, 1.82) is 0 Å². The summed E-state index contributed by atoms with van der Waals surface area (Å²) < 4.78 is 5.62. The molecule has 0 saturated carbocycles. The van der Waals surface area contributed by atoms with Crippen molar-refractivity contribution in [3.05, 3.63) is 70.7 Å². The third-order valence-electron chi connectivity index (χ3n) is 6.31. The van der Waals surface area contributed by atoms with Gasteiger partial charge in [-0.15, -0.1) is 0 Å². The number of benzene rings is 2. The fourth-order valence-corrected chi connectivity index (χ4v) is 4.55. The highest BCUT2D eigenvalue weighted by molar-refractivity contribution is 6.30. The maximum Gasteiger partial charge on any atom is 0.260 e. The summed E-state index contributed by atoms with van der Waals surface area (Å²) in [5.41, 5.74) is 11.7. The zero-order chi connectivity index (χ0) is 25.2. The number of fused-ring (bicyclic) bond motifs is 1. The highest BCUT2D eigenvalue weighted by Gasteiger charge is 2.25. The van der Waals surface area contributed by atoms with Crippen LogP contribution in [-0.2, 0) is 4.79 Å². The van der Waals surface area contributed by atoms with Crippen molar-refractivity contribution < 1.29 is 9.53 Å². The highest BCUT2D eigenvalue weighted by Crippen LogP contribution is 2.29. The van der Waals surface area contributed by atoms with Crippen LogP contribution in [0.5, 0.6) is 5.75 Å². The lowest BCUT2D eigenvalue weighted by molar-refractivity contribution is -0.133. The number of nitrogen functional groups attached to an aromatic ring is 1. The quantitative estimate of drug-likeness (QED) is 0.435. The van der Waals surface area contributed by atoms with E-state index in [0.29, 0.717) is 53.8 Å². The standard InChI is InChI=1S/C27H27ClN6O2/c1-17-3-8-21(18(2)15-17)22-9-10-23-25(30-22)26(32-27(29)31-23)34-13-11-33(12-14-34)24(35)16-36-20-6-4-19(28)5-7-20/h3-10,15H,11-14,16H2,1-2H3,(H2,29,31,32). The minimum Gasteiger partial charge on any atom is -0.484 e. The fraction of sp³-hybridized carbons (Fsp3) is 0.259. The van der Waals surface area contributed by atoms with Crippen molar-refractivity contribution in [1.82, 2.24) is 19.9 Å². The Morgan fingerprint density at radius 3 is 2.44 bits per heavy atom. The Labute approximate surface area is 214 Å². The number of hydrogen-bond donors (Lipinski definition) is 1. The number of aryl methyl sites for hydroxylation is 2. The summed E-state index contributed by atoms with van der Waals surface area (Å²) >= 11 is 5.90. The zero-order valence-electron chi connectivity index (χ0n) is 20.2. The Kier molecular flexibility index (Phi) is 6.61. The number of carbonyl (C=O) groups is 1. The van der Waals surface area contributed by atoms with Crippen molar-refractivity contribution in [3.8, 4) is 17.0 Å². The topological polar surface area (TPSA) is 97.5 Å². The maximum atomic E-state index is 12.7. The van der Waals surface area contributed by atoms with E-state index in [1.165, 1.54) is 5.56 Å². The van der Waals surface area contributed by atoms with Gasteiger partial charge in [-0.3, -0.25) is 4.79 Å². The summed E-state index contributed by atoms with van der Waals surface area (Å²) in [6.07, 6.45) is 0. The van der Waals surface area contributed by atoms with Gasteiger partial charge in [0.2, 0.25) is 5.95 Å². The van der Waals surface area contributed by atoms with Crippen molar-refractivity contribution in [2.75, 3.05) is 43.4 Å². The number of hydrogen-bond acceptors (Lipinski definition) is 7. The average molecular weight is 503 g/mol. The number of nitrogens with zero attached hydrogens (tertiary/aromatic N) is 5. The molecule has 0 aliphatic carbocycles. The third kappa shape index (κ3) is 5.04. The average Bonchev–Trinajstić information content (AvgIpc) is 2.87. The summed E-state index contributed by atoms with van der Waals surface area (Å²) in [6, 6.07) is 17.2. The number of halogens is 1. The second kappa shape index (κ2) is 9.99. The fourth-order valence-electron chi connectivity index (χ4n) is 4.42. The molecule has 1 fully saturated rings. The molecule has 1 amide bonds. The van der Waals surface area contributed by atoms with Gasteiger partial charge in [-0.05, 0) is 55.8 Å². The molecular weight excluding hydrogens is 476 g/mol. The smallest absolute Gasteiger partial charge is 0.260 e. The summed E-state index contributed by atoms with van der Waals surface area (Å²) in [5, 5.41) is 0.623. The van der Waals surface area contributed by atoms with E-state index >= 15 is 0 Å². The van der Waals surface area contributed by atoms with E-state index in [1.807, 2.05) is 12.1 Å². The predicted octanol–water partition coefficient (Wildman–Crippen LogP) is 4.27. The molecular formula is C27H27ClN6O2. The molecule has 0 bridgehead atoms. The first-order valence-electron chi connectivity index (χ1n) is 11.8. The number of nitrogens with two attached hydrogens (primary N) is 1. The number of carbonyl (C=O) groups excluding carboxylic acids is 1. The zero-order valence-corrected chi connectivity index (χ0v) is 21.0. The number of anilines is 2. The second-order valence-corrected chi connectivity index (χ2v) is 9.33. The van der Waals surface area contributed by atoms with Crippen LogP contribution in [0.3, 0.4) is 0 Å². The van der Waals surface area contributed by atoms with Crippen LogP contribution in [-0.4, -0.2) is 58.5 Å². The largest absolute Gasteiger partial charge is 0.484 e. The van der Waals surface area contributed by atoms with E-state index in [2.05, 4.69) is 46.9 Å². The Bertz CT molecular complexity index is 1420. The van der Waals surface area contributed by atoms with Crippen LogP contribution in [0, 0.1) is 13.8 Å². The van der Waals surface area contributed by atoms with Crippen molar-refractivity contribution >= 4 is 40.3 Å². The van der Waals surface area contributed by atoms with Gasteiger partial charge < -0.3 is 20.3 Å². The summed E-state index contributed by atoms with van der Waals surface area (Å²) in [7, 11) is 0. The Morgan fingerprint density at radius 2 is 1.72 bits per heavy atom. The van der Waals surface area contributed by atoms with Gasteiger partial charge in [0, 0.05) is 36.8 Å². The third-order valence-corrected chi connectivity index (χ3v) is 6.56. The van der Waals surface area contributed by atoms with Crippen LogP contribution in [0.2, 0.25) is 5.02 Å². The van der Waals surface area contributed by atoms with Crippen molar-refractivity contribution in [2.24, 2.45) is 0 Å². The first kappa shape index (κ1) is 23.8. The van der Waals surface area contributed by atoms with E-state index in [-0.39, 0.29) is 18.5 Å². The Hall–Kier alpha value is -3.91. The van der Waals surface area contributed by atoms with Crippen molar-refractivity contribution in [3.63, 3.8) is 0 Å². The lowest BCUT2D eigenvalue weighted by atomic mass is 10.0. The number of piperazine rings is 1. The maximum absolute atomic E-state index is 12.7. The van der Waals surface area contributed by atoms with Crippen LogP contribution >= 0.6 is 11.6 Å². The highest BCUT2D eigenvalue weighted by atomic mass is 35.5. The monoisotopic (exact) mass is 502 g/mol.